The van der Waals surface area contributed by atoms with E-state index in [1.807, 2.05) is 0 Å². The highest BCUT2D eigenvalue weighted by Gasteiger charge is 2.29. The van der Waals surface area contributed by atoms with Gasteiger partial charge in [-0.1, -0.05) is 0 Å². The molecule has 2 atom stereocenters. The van der Waals surface area contributed by atoms with Crippen molar-refractivity contribution in [2.24, 2.45) is 0 Å². The molecule has 0 fully saturated rings. The molecular formula is C13H17FN2O6. The van der Waals surface area contributed by atoms with E-state index in [2.05, 4.69) is 10.1 Å². The number of aliphatic hydroxyl groups is 2. The number of nitro groups is 1. The number of halogens is 1. The van der Waals surface area contributed by atoms with Gasteiger partial charge in [0.05, 0.1) is 18.1 Å². The zero-order chi connectivity index (χ0) is 16.9. The van der Waals surface area contributed by atoms with Crippen LogP contribution >= 0.6 is 0 Å². The third-order valence-corrected chi connectivity index (χ3v) is 3.09. The Bertz CT molecular complexity index is 566. The van der Waals surface area contributed by atoms with Crippen LogP contribution in [0.4, 0.5) is 10.1 Å². The van der Waals surface area contributed by atoms with Gasteiger partial charge in [-0.2, -0.15) is 0 Å². The maximum Gasteiger partial charge on any atom is 0.344 e. The lowest BCUT2D eigenvalue weighted by Crippen LogP contribution is -2.24. The summed E-state index contributed by atoms with van der Waals surface area (Å²) in [5.74, 6) is -2.11. The minimum absolute atomic E-state index is 0.115. The number of aliphatic hydroxyl groups excluding tert-OH is 2. The number of nitrogens with one attached hydrogen (secondary N) is 1. The summed E-state index contributed by atoms with van der Waals surface area (Å²) in [7, 11) is 2.64. The first-order chi connectivity index (χ1) is 10.3. The van der Waals surface area contributed by atoms with Crippen LogP contribution in [0, 0.1) is 15.9 Å². The van der Waals surface area contributed by atoms with Gasteiger partial charge >= 0.3 is 5.97 Å². The van der Waals surface area contributed by atoms with E-state index in [1.165, 1.54) is 0 Å². The Morgan fingerprint density at radius 3 is 2.64 bits per heavy atom. The summed E-state index contributed by atoms with van der Waals surface area (Å²) in [6, 6.07) is 1.35. The van der Waals surface area contributed by atoms with E-state index in [0.29, 0.717) is 12.6 Å². The van der Waals surface area contributed by atoms with E-state index in [-0.39, 0.29) is 6.42 Å². The summed E-state index contributed by atoms with van der Waals surface area (Å²) in [6.45, 7) is 0.363. The molecule has 0 bridgehead atoms. The molecule has 1 aromatic carbocycles. The van der Waals surface area contributed by atoms with Crippen LogP contribution in [0.1, 0.15) is 28.4 Å². The maximum atomic E-state index is 14.0. The van der Waals surface area contributed by atoms with Gasteiger partial charge in [-0.15, -0.1) is 0 Å². The van der Waals surface area contributed by atoms with Crippen molar-refractivity contribution in [3.05, 3.63) is 39.2 Å². The van der Waals surface area contributed by atoms with Gasteiger partial charge in [0.15, 0.2) is 0 Å². The Morgan fingerprint density at radius 1 is 1.50 bits per heavy atom. The molecule has 0 spiro atoms. The second-order valence-corrected chi connectivity index (χ2v) is 4.54. The molecule has 0 saturated carbocycles. The van der Waals surface area contributed by atoms with Gasteiger partial charge < -0.3 is 20.3 Å². The van der Waals surface area contributed by atoms with Crippen LogP contribution in [0.2, 0.25) is 0 Å². The van der Waals surface area contributed by atoms with Crippen LogP contribution in [0.25, 0.3) is 0 Å². The predicted octanol–water partition coefficient (Wildman–Crippen LogP) is 0.524. The van der Waals surface area contributed by atoms with E-state index >= 15 is 0 Å². The second kappa shape index (κ2) is 7.78. The van der Waals surface area contributed by atoms with Crippen LogP contribution in [0.3, 0.4) is 0 Å². The molecule has 0 aliphatic carbocycles. The summed E-state index contributed by atoms with van der Waals surface area (Å²) in [5.41, 5.74) is -1.73. The normalized spacial score (nSPS) is 13.5. The lowest BCUT2D eigenvalue weighted by Gasteiger charge is -2.19. The Morgan fingerprint density at radius 2 is 2.14 bits per heavy atom. The number of carbonyl (C=O) groups is 1. The lowest BCUT2D eigenvalue weighted by molar-refractivity contribution is -0.385. The highest BCUT2D eigenvalue weighted by atomic mass is 19.1. The monoisotopic (exact) mass is 316 g/mol. The van der Waals surface area contributed by atoms with Gasteiger partial charge in [-0.3, -0.25) is 10.1 Å². The Kier molecular flexibility index (Phi) is 6.35. The molecule has 22 heavy (non-hydrogen) atoms. The smallest absolute Gasteiger partial charge is 0.344 e. The number of hydrogen-bond acceptors (Lipinski definition) is 7. The first kappa shape index (κ1) is 18.0. The predicted molar refractivity (Wildman–Crippen MR) is 73.9 cm³/mol. The van der Waals surface area contributed by atoms with Gasteiger partial charge in [0.25, 0.3) is 5.69 Å². The van der Waals surface area contributed by atoms with Crippen LogP contribution in [-0.4, -0.2) is 47.9 Å². The minimum atomic E-state index is -1.65. The number of nitrogens with zero attached hydrogens (tertiary/aromatic N) is 1. The number of rotatable bonds is 7. The number of methoxy groups -OCH3 is 1. The molecule has 0 aromatic heterocycles. The molecule has 9 heteroatoms. The fourth-order valence-electron chi connectivity index (χ4n) is 1.89. The summed E-state index contributed by atoms with van der Waals surface area (Å²) in [5, 5.41) is 33.4. The average Bonchev–Trinajstić information content (AvgIpc) is 2.50. The molecule has 3 N–H and O–H groups in total. The van der Waals surface area contributed by atoms with Crippen molar-refractivity contribution in [1.29, 1.82) is 0 Å². The van der Waals surface area contributed by atoms with Crippen molar-refractivity contribution < 1.29 is 29.1 Å². The van der Waals surface area contributed by atoms with E-state index in [1.54, 1.807) is 7.05 Å². The Balaban J connectivity index is 3.24. The molecule has 0 aliphatic rings. The first-order valence-electron chi connectivity index (χ1n) is 6.40. The number of esters is 1. The fourth-order valence-corrected chi connectivity index (χ4v) is 1.89. The first-order valence-corrected chi connectivity index (χ1v) is 6.40. The van der Waals surface area contributed by atoms with Crippen molar-refractivity contribution in [3.63, 3.8) is 0 Å². The van der Waals surface area contributed by atoms with Gasteiger partial charge in [-0.25, -0.2) is 9.18 Å². The molecule has 8 nitrogen and oxygen atoms in total. The molecular weight excluding hydrogens is 299 g/mol. The molecule has 0 radical (unpaired) electrons. The van der Waals surface area contributed by atoms with Crippen LogP contribution in [-0.2, 0) is 4.74 Å². The third kappa shape index (κ3) is 3.97. The van der Waals surface area contributed by atoms with Gasteiger partial charge in [0, 0.05) is 11.6 Å². The minimum Gasteiger partial charge on any atom is -0.465 e. The highest BCUT2D eigenvalue weighted by molar-refractivity contribution is 5.94. The summed E-state index contributed by atoms with van der Waals surface area (Å²) >= 11 is 0. The molecule has 0 saturated heterocycles. The van der Waals surface area contributed by atoms with Crippen molar-refractivity contribution in [1.82, 2.24) is 5.32 Å². The summed E-state index contributed by atoms with van der Waals surface area (Å²) < 4.78 is 18.4. The quantitative estimate of drug-likeness (QED) is 0.381. The second-order valence-electron chi connectivity index (χ2n) is 4.54. The van der Waals surface area contributed by atoms with Crippen molar-refractivity contribution >= 4 is 11.7 Å². The molecule has 0 heterocycles. The fraction of sp³-hybridized carbons (Fsp3) is 0.462. The van der Waals surface area contributed by atoms with Crippen LogP contribution in [0.15, 0.2) is 12.1 Å². The van der Waals surface area contributed by atoms with E-state index < -0.39 is 45.7 Å². The number of hydrogen-bond donors (Lipinski definition) is 3. The van der Waals surface area contributed by atoms with Crippen LogP contribution < -0.4 is 5.32 Å². The number of benzene rings is 1. The summed E-state index contributed by atoms with van der Waals surface area (Å²) in [4.78, 5) is 21.5. The van der Waals surface area contributed by atoms with Gasteiger partial charge in [0.2, 0.25) is 0 Å². The number of carbonyl (C=O) groups excluding carboxylic acids is 1. The van der Waals surface area contributed by atoms with Gasteiger partial charge in [-0.05, 0) is 26.1 Å². The Labute approximate surface area is 125 Å². The Hall–Kier alpha value is -2.10. The molecule has 0 aliphatic heterocycles. The zero-order valence-electron chi connectivity index (χ0n) is 12.1. The van der Waals surface area contributed by atoms with Crippen molar-refractivity contribution in [2.75, 3.05) is 20.7 Å². The maximum absolute atomic E-state index is 14.0. The van der Waals surface area contributed by atoms with E-state index in [0.717, 1.165) is 13.2 Å². The van der Waals surface area contributed by atoms with E-state index in [9.17, 15) is 29.5 Å². The standard InChI is InChI=1S/C13H17FN2O6/c1-15-4-3-11(17)12(18)7-6-10(16(20)21)8(5-9(7)14)13(19)22-2/h5-6,11-12,15,17-18H,3-4H2,1-2H3. The van der Waals surface area contributed by atoms with Crippen molar-refractivity contribution in [3.8, 4) is 0 Å². The van der Waals surface area contributed by atoms with Crippen LogP contribution in [0.5, 0.6) is 0 Å². The highest BCUT2D eigenvalue weighted by Crippen LogP contribution is 2.29. The van der Waals surface area contributed by atoms with E-state index in [4.69, 9.17) is 0 Å². The molecule has 1 rings (SSSR count). The number of ether oxygens (including phenoxy) is 1. The zero-order valence-corrected chi connectivity index (χ0v) is 12.1. The third-order valence-electron chi connectivity index (χ3n) is 3.09. The molecule has 2 unspecified atom stereocenters. The summed E-state index contributed by atoms with van der Waals surface area (Å²) in [6.07, 6.45) is -2.85. The molecule has 122 valence electrons. The SMILES string of the molecule is CNCCC(O)C(O)c1cc([N+](=O)[O-])c(C(=O)OC)cc1F. The number of nitro benzene ring substituents is 1. The van der Waals surface area contributed by atoms with Gasteiger partial charge in [0.1, 0.15) is 17.5 Å². The largest absolute Gasteiger partial charge is 0.465 e. The molecule has 0 amide bonds. The molecule has 1 aromatic rings. The topological polar surface area (TPSA) is 122 Å². The van der Waals surface area contributed by atoms with Crippen molar-refractivity contribution in [2.45, 2.75) is 18.6 Å². The lowest BCUT2D eigenvalue weighted by atomic mass is 9.98. The average molecular weight is 316 g/mol.